The first-order valence-corrected chi connectivity index (χ1v) is 8.60. The smallest absolute Gasteiger partial charge is 0.252 e. The molecule has 0 aliphatic carbocycles. The number of benzene rings is 1. The number of pyridine rings is 2. The van der Waals surface area contributed by atoms with Gasteiger partial charge in [-0.25, -0.2) is 4.68 Å². The van der Waals surface area contributed by atoms with Gasteiger partial charge in [0.25, 0.3) is 5.56 Å². The van der Waals surface area contributed by atoms with Crippen molar-refractivity contribution in [3.8, 4) is 5.69 Å². The van der Waals surface area contributed by atoms with Gasteiger partial charge in [-0.2, -0.15) is 5.10 Å². The number of hydrogen-bond donors (Lipinski definition) is 0. The molecular formula is C21H20N4O. The van der Waals surface area contributed by atoms with Crippen molar-refractivity contribution in [2.24, 2.45) is 0 Å². The zero-order valence-electron chi connectivity index (χ0n) is 15.1. The minimum Gasteiger partial charge on any atom is -0.288 e. The summed E-state index contributed by atoms with van der Waals surface area (Å²) in [4.78, 5) is 17.0. The molecule has 0 spiro atoms. The number of aryl methyl sites for hydroxylation is 3. The third kappa shape index (κ3) is 2.71. The van der Waals surface area contributed by atoms with E-state index in [2.05, 4.69) is 24.0 Å². The summed E-state index contributed by atoms with van der Waals surface area (Å²) in [6.07, 6.45) is 3.52. The van der Waals surface area contributed by atoms with Gasteiger partial charge >= 0.3 is 0 Å². The van der Waals surface area contributed by atoms with Gasteiger partial charge < -0.3 is 0 Å². The maximum Gasteiger partial charge on any atom is 0.252 e. The molecule has 4 rings (SSSR count). The maximum atomic E-state index is 12.8. The van der Waals surface area contributed by atoms with Crippen LogP contribution in [0.25, 0.3) is 16.7 Å². The molecule has 0 aliphatic rings. The molecule has 4 aromatic rings. The molecule has 0 unspecified atom stereocenters. The molecular weight excluding hydrogens is 324 g/mol. The largest absolute Gasteiger partial charge is 0.288 e. The lowest BCUT2D eigenvalue weighted by molar-refractivity contribution is 0.748. The van der Waals surface area contributed by atoms with Crippen LogP contribution in [0.15, 0.2) is 59.7 Å². The van der Waals surface area contributed by atoms with Gasteiger partial charge in [-0.05, 0) is 50.1 Å². The molecule has 0 amide bonds. The van der Waals surface area contributed by atoms with Gasteiger partial charge in [-0.1, -0.05) is 23.8 Å². The van der Waals surface area contributed by atoms with Gasteiger partial charge in [0.15, 0.2) is 0 Å². The van der Waals surface area contributed by atoms with Crippen molar-refractivity contribution in [3.05, 3.63) is 87.6 Å². The van der Waals surface area contributed by atoms with Crippen molar-refractivity contribution >= 4 is 11.0 Å². The van der Waals surface area contributed by atoms with E-state index in [1.54, 1.807) is 23.0 Å². The van der Waals surface area contributed by atoms with Gasteiger partial charge in [0, 0.05) is 23.8 Å². The van der Waals surface area contributed by atoms with Crippen LogP contribution in [0, 0.1) is 20.8 Å². The second kappa shape index (κ2) is 6.26. The summed E-state index contributed by atoms with van der Waals surface area (Å²) in [6.45, 7) is 6.46. The molecule has 0 N–H and O–H groups in total. The number of aromatic nitrogens is 4. The van der Waals surface area contributed by atoms with Gasteiger partial charge in [0.05, 0.1) is 17.9 Å². The van der Waals surface area contributed by atoms with E-state index >= 15 is 0 Å². The second-order valence-corrected chi connectivity index (χ2v) is 6.64. The van der Waals surface area contributed by atoms with Crippen molar-refractivity contribution < 1.29 is 0 Å². The molecule has 0 bridgehead atoms. The predicted octanol–water partition coefficient (Wildman–Crippen LogP) is 3.56. The highest BCUT2D eigenvalue weighted by Crippen LogP contribution is 2.24. The topological polar surface area (TPSA) is 52.7 Å². The second-order valence-electron chi connectivity index (χ2n) is 6.64. The third-order valence-electron chi connectivity index (χ3n) is 4.63. The predicted molar refractivity (Wildman–Crippen MR) is 103 cm³/mol. The zero-order chi connectivity index (χ0) is 18.3. The molecule has 3 aromatic heterocycles. The highest BCUT2D eigenvalue weighted by atomic mass is 16.1. The molecule has 5 heteroatoms. The molecule has 0 saturated heterocycles. The van der Waals surface area contributed by atoms with Gasteiger partial charge in [-0.15, -0.1) is 0 Å². The monoisotopic (exact) mass is 344 g/mol. The first-order chi connectivity index (χ1) is 12.5. The minimum atomic E-state index is -0.0351. The van der Waals surface area contributed by atoms with Crippen molar-refractivity contribution in [1.82, 2.24) is 19.3 Å². The summed E-state index contributed by atoms with van der Waals surface area (Å²) in [6, 6.07) is 13.7. The molecule has 1 aromatic carbocycles. The van der Waals surface area contributed by atoms with E-state index in [1.807, 2.05) is 42.8 Å². The summed E-state index contributed by atoms with van der Waals surface area (Å²) in [5, 5.41) is 5.76. The molecule has 3 heterocycles. The molecule has 0 aliphatic heterocycles. The van der Waals surface area contributed by atoms with Crippen LogP contribution in [0.3, 0.4) is 0 Å². The van der Waals surface area contributed by atoms with E-state index in [9.17, 15) is 4.79 Å². The van der Waals surface area contributed by atoms with Crippen LogP contribution in [-0.2, 0) is 6.54 Å². The minimum absolute atomic E-state index is 0.0351. The van der Waals surface area contributed by atoms with E-state index in [0.717, 1.165) is 33.5 Å². The van der Waals surface area contributed by atoms with Crippen LogP contribution in [0.2, 0.25) is 0 Å². The Morgan fingerprint density at radius 2 is 1.81 bits per heavy atom. The van der Waals surface area contributed by atoms with E-state index in [4.69, 9.17) is 5.10 Å². The summed E-state index contributed by atoms with van der Waals surface area (Å²) in [7, 11) is 0. The summed E-state index contributed by atoms with van der Waals surface area (Å²) in [5.74, 6) is 0. The average molecular weight is 344 g/mol. The average Bonchev–Trinajstić information content (AvgIpc) is 2.98. The Morgan fingerprint density at radius 1 is 1.04 bits per heavy atom. The van der Waals surface area contributed by atoms with Crippen LogP contribution < -0.4 is 5.56 Å². The number of fused-ring (bicyclic) bond motifs is 1. The van der Waals surface area contributed by atoms with Crippen LogP contribution in [0.1, 0.15) is 22.4 Å². The molecule has 0 radical (unpaired) electrons. The van der Waals surface area contributed by atoms with Crippen molar-refractivity contribution in [2.45, 2.75) is 27.3 Å². The molecule has 0 saturated carbocycles. The Hall–Kier alpha value is -3.21. The normalized spacial score (nSPS) is 11.2. The highest BCUT2D eigenvalue weighted by molar-refractivity contribution is 5.83. The Morgan fingerprint density at radius 3 is 2.50 bits per heavy atom. The van der Waals surface area contributed by atoms with E-state index in [0.29, 0.717) is 6.54 Å². The third-order valence-corrected chi connectivity index (χ3v) is 4.63. The SMILES string of the molecule is Cc1ccc(-n2nc(C)c3c(C)cc(=O)n(Cc4cccnc4)c32)cc1. The highest BCUT2D eigenvalue weighted by Gasteiger charge is 2.17. The Bertz CT molecular complexity index is 1140. The first-order valence-electron chi connectivity index (χ1n) is 8.60. The van der Waals surface area contributed by atoms with Crippen LogP contribution in [0.5, 0.6) is 0 Å². The molecule has 5 nitrogen and oxygen atoms in total. The Kier molecular flexibility index (Phi) is 3.92. The van der Waals surface area contributed by atoms with Gasteiger partial charge in [-0.3, -0.25) is 14.3 Å². The molecule has 26 heavy (non-hydrogen) atoms. The Balaban J connectivity index is 2.01. The maximum absolute atomic E-state index is 12.8. The number of nitrogens with zero attached hydrogens (tertiary/aromatic N) is 4. The van der Waals surface area contributed by atoms with Gasteiger partial charge in [0.2, 0.25) is 0 Å². The molecule has 0 fully saturated rings. The fraction of sp³-hybridized carbons (Fsp3) is 0.190. The summed E-state index contributed by atoms with van der Waals surface area (Å²) >= 11 is 0. The first kappa shape index (κ1) is 16.3. The quantitative estimate of drug-likeness (QED) is 0.571. The van der Waals surface area contributed by atoms with Crippen molar-refractivity contribution in [2.75, 3.05) is 0 Å². The van der Waals surface area contributed by atoms with E-state index in [-0.39, 0.29) is 5.56 Å². The van der Waals surface area contributed by atoms with Gasteiger partial charge in [0.1, 0.15) is 5.65 Å². The molecule has 0 atom stereocenters. The van der Waals surface area contributed by atoms with Crippen LogP contribution in [-0.4, -0.2) is 19.3 Å². The lowest BCUT2D eigenvalue weighted by atomic mass is 10.1. The van der Waals surface area contributed by atoms with E-state index in [1.165, 1.54) is 5.56 Å². The Labute approximate surface area is 151 Å². The zero-order valence-corrected chi connectivity index (χ0v) is 15.1. The summed E-state index contributed by atoms with van der Waals surface area (Å²) < 4.78 is 3.65. The lowest BCUT2D eigenvalue weighted by Gasteiger charge is -2.12. The standard InChI is InChI=1S/C21H20N4O/c1-14-6-8-18(9-7-14)25-21-20(16(3)23-25)15(2)11-19(26)24(21)13-17-5-4-10-22-12-17/h4-12H,13H2,1-3H3. The van der Waals surface area contributed by atoms with Crippen molar-refractivity contribution in [3.63, 3.8) is 0 Å². The van der Waals surface area contributed by atoms with Crippen LogP contribution >= 0.6 is 0 Å². The molecule has 130 valence electrons. The number of rotatable bonds is 3. The fourth-order valence-electron chi connectivity index (χ4n) is 3.36. The van der Waals surface area contributed by atoms with E-state index < -0.39 is 0 Å². The lowest BCUT2D eigenvalue weighted by Crippen LogP contribution is -2.22. The van der Waals surface area contributed by atoms with Crippen LogP contribution in [0.4, 0.5) is 0 Å². The number of hydrogen-bond acceptors (Lipinski definition) is 3. The summed E-state index contributed by atoms with van der Waals surface area (Å²) in [5.41, 5.74) is 5.76. The fourth-order valence-corrected chi connectivity index (χ4v) is 3.36. The van der Waals surface area contributed by atoms with Crippen molar-refractivity contribution in [1.29, 1.82) is 0 Å².